The Hall–Kier alpha value is -5.12. The normalized spacial score (nSPS) is 21.3. The summed E-state index contributed by atoms with van der Waals surface area (Å²) in [7, 11) is 1.32. The van der Waals surface area contributed by atoms with Crippen LogP contribution in [0.2, 0.25) is 0 Å². The highest BCUT2D eigenvalue weighted by Crippen LogP contribution is 2.55. The van der Waals surface area contributed by atoms with Gasteiger partial charge in [0.15, 0.2) is 17.0 Å². The van der Waals surface area contributed by atoms with Gasteiger partial charge in [0.05, 0.1) is 7.11 Å². The Morgan fingerprint density at radius 3 is 2.29 bits per heavy atom. The van der Waals surface area contributed by atoms with E-state index in [-0.39, 0.29) is 35.7 Å². The summed E-state index contributed by atoms with van der Waals surface area (Å²) in [5, 5.41) is 19.9. The van der Waals surface area contributed by atoms with Gasteiger partial charge >= 0.3 is 5.97 Å². The molecule has 2 saturated heterocycles. The van der Waals surface area contributed by atoms with Crippen LogP contribution in [0.25, 0.3) is 0 Å². The number of carbonyl (C=O) groups is 3. The maximum absolute atomic E-state index is 14.3. The fourth-order valence-electron chi connectivity index (χ4n) is 8.20. The number of fused-ring (bicyclic) bond motifs is 3. The van der Waals surface area contributed by atoms with Gasteiger partial charge in [-0.15, -0.1) is 0 Å². The third-order valence-corrected chi connectivity index (χ3v) is 10.4. The molecule has 2 aliphatic heterocycles. The predicted octanol–water partition coefficient (Wildman–Crippen LogP) is 5.08. The maximum Gasteiger partial charge on any atom is 0.332 e. The minimum atomic E-state index is -1.46. The summed E-state index contributed by atoms with van der Waals surface area (Å²) in [4.78, 5) is 46.1. The Balaban J connectivity index is 1.36. The van der Waals surface area contributed by atoms with Crippen molar-refractivity contribution in [3.8, 4) is 11.5 Å². The molecule has 2 unspecified atom stereocenters. The van der Waals surface area contributed by atoms with Gasteiger partial charge in [-0.25, -0.2) is 9.18 Å². The van der Waals surface area contributed by atoms with Crippen LogP contribution in [0, 0.1) is 11.7 Å². The molecular weight excluding hydrogens is 613 g/mol. The molecule has 4 aromatic rings. The van der Waals surface area contributed by atoms with E-state index in [0.717, 1.165) is 29.7 Å². The lowest BCUT2D eigenvalue weighted by atomic mass is 9.75. The summed E-state index contributed by atoms with van der Waals surface area (Å²) in [6.45, 7) is 2.07. The fourth-order valence-corrected chi connectivity index (χ4v) is 8.20. The lowest BCUT2D eigenvalue weighted by Crippen LogP contribution is -2.58. The Morgan fingerprint density at radius 1 is 0.896 bits per heavy atom. The van der Waals surface area contributed by atoms with Gasteiger partial charge in [0.2, 0.25) is 0 Å². The molecule has 248 valence electrons. The zero-order chi connectivity index (χ0) is 33.6. The number of phenols is 2. The number of likely N-dealkylation sites (tertiary alicyclic amines) is 2. The van der Waals surface area contributed by atoms with Crippen molar-refractivity contribution in [2.24, 2.45) is 5.92 Å². The number of carbonyl (C=O) groups excluding carboxylic acids is 3. The molecule has 3 aromatic carbocycles. The number of phenolic OH excluding ortho intramolecular Hbond substituents is 2. The Labute approximate surface area is 278 Å². The second-order valence-electron chi connectivity index (χ2n) is 13.1. The highest BCUT2D eigenvalue weighted by molar-refractivity contribution is 6.00. The standard InChI is InChI=1S/C38H38FN3O6/c1-48-37(47)38(22-25-9-12-28(39)13-10-25)34-27(23-42(38)35(45)26-7-3-2-4-8-26)20-30-29(34)21-31(36(46)40-16-5-6-17-40)41(30)18-15-24-11-14-32(43)33(44)19-24/h2-4,7-14,19,21,27,34,43-44H,5-6,15-18,20,22-23H2,1H3/t27?,34?,38-/m1/s1. The number of aromatic hydroxyl groups is 2. The second-order valence-corrected chi connectivity index (χ2v) is 13.1. The predicted molar refractivity (Wildman–Crippen MR) is 175 cm³/mol. The molecule has 0 spiro atoms. The Kier molecular flexibility index (Phi) is 8.19. The van der Waals surface area contributed by atoms with Crippen LogP contribution in [-0.4, -0.2) is 74.6 Å². The zero-order valence-electron chi connectivity index (χ0n) is 26.8. The van der Waals surface area contributed by atoms with Crippen LogP contribution in [0.5, 0.6) is 11.5 Å². The average molecular weight is 652 g/mol. The number of hydrogen-bond acceptors (Lipinski definition) is 6. The van der Waals surface area contributed by atoms with Gasteiger partial charge in [-0.1, -0.05) is 36.4 Å². The van der Waals surface area contributed by atoms with Gasteiger partial charge in [-0.2, -0.15) is 0 Å². The van der Waals surface area contributed by atoms with Crippen molar-refractivity contribution in [3.05, 3.63) is 118 Å². The molecule has 10 heteroatoms. The molecule has 7 rings (SSSR count). The number of rotatable bonds is 8. The molecule has 2 fully saturated rings. The van der Waals surface area contributed by atoms with E-state index in [9.17, 15) is 29.0 Å². The van der Waals surface area contributed by atoms with Gasteiger partial charge in [0.25, 0.3) is 11.8 Å². The Morgan fingerprint density at radius 2 is 1.60 bits per heavy atom. The number of ether oxygens (including phenoxy) is 1. The van der Waals surface area contributed by atoms with Crippen molar-refractivity contribution in [1.82, 2.24) is 14.4 Å². The van der Waals surface area contributed by atoms with Gasteiger partial charge in [-0.3, -0.25) is 9.59 Å². The first-order chi connectivity index (χ1) is 23.2. The third-order valence-electron chi connectivity index (χ3n) is 10.4. The quantitative estimate of drug-likeness (QED) is 0.203. The summed E-state index contributed by atoms with van der Waals surface area (Å²) < 4.78 is 21.6. The monoisotopic (exact) mass is 651 g/mol. The first-order valence-corrected chi connectivity index (χ1v) is 16.4. The number of aromatic nitrogens is 1. The van der Waals surface area contributed by atoms with Crippen LogP contribution in [0.3, 0.4) is 0 Å². The van der Waals surface area contributed by atoms with E-state index in [2.05, 4.69) is 0 Å². The van der Waals surface area contributed by atoms with E-state index in [1.807, 2.05) is 21.6 Å². The van der Waals surface area contributed by atoms with E-state index < -0.39 is 23.2 Å². The molecular formula is C38H38FN3O6. The van der Waals surface area contributed by atoms with E-state index >= 15 is 0 Å². The topological polar surface area (TPSA) is 112 Å². The minimum absolute atomic E-state index is 0.0792. The lowest BCUT2D eigenvalue weighted by Gasteiger charge is -2.40. The van der Waals surface area contributed by atoms with Crippen molar-refractivity contribution in [1.29, 1.82) is 0 Å². The van der Waals surface area contributed by atoms with Gasteiger partial charge in [-0.05, 0) is 90.8 Å². The summed E-state index contributed by atoms with van der Waals surface area (Å²) in [5.74, 6) is -2.36. The smallest absolute Gasteiger partial charge is 0.332 e. The van der Waals surface area contributed by atoms with E-state index in [1.54, 1.807) is 47.4 Å². The molecule has 3 heterocycles. The molecule has 0 radical (unpaired) electrons. The highest BCUT2D eigenvalue weighted by Gasteiger charge is 2.64. The third kappa shape index (κ3) is 5.29. The average Bonchev–Trinajstić information content (AvgIpc) is 3.89. The first-order valence-electron chi connectivity index (χ1n) is 16.4. The largest absolute Gasteiger partial charge is 0.504 e. The van der Waals surface area contributed by atoms with Crippen LogP contribution in [0.4, 0.5) is 4.39 Å². The van der Waals surface area contributed by atoms with Crippen LogP contribution >= 0.6 is 0 Å². The fraction of sp³-hybridized carbons (Fsp3) is 0.342. The van der Waals surface area contributed by atoms with E-state index in [4.69, 9.17) is 4.74 Å². The minimum Gasteiger partial charge on any atom is -0.504 e. The number of halogens is 1. The number of amides is 2. The molecule has 0 bridgehead atoms. The second kappa shape index (κ2) is 12.5. The summed E-state index contributed by atoms with van der Waals surface area (Å²) in [6.07, 6.45) is 2.99. The maximum atomic E-state index is 14.3. The first kappa shape index (κ1) is 31.5. The molecule has 3 atom stereocenters. The molecule has 3 aliphatic rings. The molecule has 2 amide bonds. The van der Waals surface area contributed by atoms with Crippen LogP contribution < -0.4 is 0 Å². The van der Waals surface area contributed by atoms with Gasteiger partial charge < -0.3 is 29.3 Å². The molecule has 48 heavy (non-hydrogen) atoms. The van der Waals surface area contributed by atoms with Gasteiger partial charge in [0.1, 0.15) is 11.5 Å². The van der Waals surface area contributed by atoms with E-state index in [1.165, 1.54) is 31.4 Å². The zero-order valence-corrected chi connectivity index (χ0v) is 26.8. The molecule has 1 aromatic heterocycles. The summed E-state index contributed by atoms with van der Waals surface area (Å²) >= 11 is 0. The van der Waals surface area contributed by atoms with Crippen molar-refractivity contribution in [2.45, 2.75) is 50.1 Å². The molecule has 9 nitrogen and oxygen atoms in total. The summed E-state index contributed by atoms with van der Waals surface area (Å²) in [6, 6.07) is 21.4. The number of aryl methyl sites for hydroxylation is 1. The van der Waals surface area contributed by atoms with Crippen molar-refractivity contribution < 1.29 is 33.7 Å². The number of nitrogens with zero attached hydrogens (tertiary/aromatic N) is 3. The highest BCUT2D eigenvalue weighted by atomic mass is 19.1. The van der Waals surface area contributed by atoms with Crippen LogP contribution in [-0.2, 0) is 35.3 Å². The van der Waals surface area contributed by atoms with Gasteiger partial charge in [0, 0.05) is 49.8 Å². The van der Waals surface area contributed by atoms with Crippen molar-refractivity contribution in [3.63, 3.8) is 0 Å². The van der Waals surface area contributed by atoms with Crippen molar-refractivity contribution in [2.75, 3.05) is 26.7 Å². The number of esters is 1. The SMILES string of the molecule is COC(=O)[C@@]1(Cc2ccc(F)cc2)C2c3cc(C(=O)N4CCCC4)n(CCc4ccc(O)c(O)c4)c3CC2CN1C(=O)c1ccccc1. The molecule has 2 N–H and O–H groups in total. The van der Waals surface area contributed by atoms with E-state index in [0.29, 0.717) is 55.8 Å². The molecule has 1 aliphatic carbocycles. The Bertz CT molecular complexity index is 1870. The van der Waals surface area contributed by atoms with Crippen LogP contribution in [0.1, 0.15) is 62.0 Å². The molecule has 0 saturated carbocycles. The summed E-state index contributed by atoms with van der Waals surface area (Å²) in [5.41, 5.74) is 2.77. The number of methoxy groups -OCH3 is 1. The number of benzene rings is 3. The number of hydrogen-bond donors (Lipinski definition) is 2. The van der Waals surface area contributed by atoms with Crippen LogP contribution in [0.15, 0.2) is 78.9 Å². The lowest BCUT2D eigenvalue weighted by molar-refractivity contribution is -0.153. The van der Waals surface area contributed by atoms with Crippen molar-refractivity contribution >= 4 is 17.8 Å².